The number of fused-ring (bicyclic) bond motifs is 2. The highest BCUT2D eigenvalue weighted by atomic mass is 79.9. The molecule has 2 aliphatic heterocycles. The molecule has 0 aliphatic carbocycles. The zero-order valence-electron chi connectivity index (χ0n) is 23.0. The van der Waals surface area contributed by atoms with Crippen LogP contribution in [-0.2, 0) is 25.7 Å². The second-order valence-corrected chi connectivity index (χ2v) is 13.1. The van der Waals surface area contributed by atoms with E-state index in [1.54, 1.807) is 55.5 Å². The van der Waals surface area contributed by atoms with Crippen LogP contribution in [0.1, 0.15) is 33.6 Å². The molecule has 0 radical (unpaired) electrons. The molecule has 3 atom stereocenters. The van der Waals surface area contributed by atoms with Crippen LogP contribution >= 0.6 is 39.0 Å². The molecule has 3 amide bonds. The van der Waals surface area contributed by atoms with Crippen molar-refractivity contribution in [2.24, 2.45) is 5.92 Å². The Morgan fingerprint density at radius 2 is 1.64 bits per heavy atom. The number of anilines is 2. The molecule has 1 aromatic heterocycles. The van der Waals surface area contributed by atoms with Gasteiger partial charge >= 0.3 is 10.8 Å². The standard InChI is InChI=1S/C31H23BrFN3O6S2/c1-2-42-30(40)17-5-11-20(12-6-17)34-22(37)15-35-29-26(44-31(35)41)23(16-3-9-19(33)10-4-16)24-25(43-29)28(39)36(27(24)38)21-13-7-18(32)8-14-21/h3-14,23-25H,2,15H2,1H3,(H,34,37). The molecule has 224 valence electrons. The third-order valence-electron chi connectivity index (χ3n) is 7.34. The number of thioether (sulfide) groups is 1. The van der Waals surface area contributed by atoms with Crippen LogP contribution in [0.4, 0.5) is 15.8 Å². The lowest BCUT2D eigenvalue weighted by atomic mass is 9.83. The van der Waals surface area contributed by atoms with Gasteiger partial charge in [0.25, 0.3) is 0 Å². The van der Waals surface area contributed by atoms with Gasteiger partial charge in [-0.3, -0.25) is 23.7 Å². The maximum atomic E-state index is 13.9. The van der Waals surface area contributed by atoms with Gasteiger partial charge in [-0.2, -0.15) is 0 Å². The van der Waals surface area contributed by atoms with Crippen molar-refractivity contribution in [1.82, 2.24) is 4.57 Å². The largest absolute Gasteiger partial charge is 0.462 e. The van der Waals surface area contributed by atoms with Gasteiger partial charge in [0.2, 0.25) is 17.7 Å². The summed E-state index contributed by atoms with van der Waals surface area (Å²) in [5.74, 6) is -3.82. The number of benzene rings is 3. The van der Waals surface area contributed by atoms with E-state index < -0.39 is 51.5 Å². The van der Waals surface area contributed by atoms with E-state index >= 15 is 0 Å². The van der Waals surface area contributed by atoms with Crippen LogP contribution in [0.15, 0.2) is 87.1 Å². The number of nitrogens with one attached hydrogen (secondary N) is 1. The number of halogens is 2. The van der Waals surface area contributed by atoms with Crippen LogP contribution in [0.3, 0.4) is 0 Å². The molecule has 2 aliphatic rings. The Morgan fingerprint density at radius 3 is 2.30 bits per heavy atom. The van der Waals surface area contributed by atoms with Crippen LogP contribution in [-0.4, -0.2) is 40.1 Å². The van der Waals surface area contributed by atoms with Crippen molar-refractivity contribution >= 4 is 74.1 Å². The van der Waals surface area contributed by atoms with Crippen LogP contribution in [0, 0.1) is 11.7 Å². The second-order valence-electron chi connectivity index (χ2n) is 10.1. The van der Waals surface area contributed by atoms with Gasteiger partial charge < -0.3 is 10.1 Å². The summed E-state index contributed by atoms with van der Waals surface area (Å²) in [5, 5.41) is 2.28. The van der Waals surface area contributed by atoms with Crippen molar-refractivity contribution in [1.29, 1.82) is 0 Å². The minimum atomic E-state index is -0.868. The van der Waals surface area contributed by atoms with Gasteiger partial charge in [0.1, 0.15) is 17.6 Å². The van der Waals surface area contributed by atoms with Crippen LogP contribution in [0.5, 0.6) is 0 Å². The SMILES string of the molecule is CCOC(=O)c1ccc(NC(=O)Cn2c3c(sc2=O)C(c2ccc(F)cc2)C2C(=O)N(c4ccc(Br)cc4)C(=O)C2S3)cc1. The molecule has 4 aromatic rings. The van der Waals surface area contributed by atoms with Gasteiger partial charge in [0, 0.05) is 21.0 Å². The molecule has 0 bridgehead atoms. The number of ether oxygens (including phenoxy) is 1. The molecule has 0 saturated carbocycles. The van der Waals surface area contributed by atoms with Crippen LogP contribution in [0.25, 0.3) is 0 Å². The summed E-state index contributed by atoms with van der Waals surface area (Å²) < 4.78 is 21.0. The van der Waals surface area contributed by atoms with E-state index in [1.165, 1.54) is 28.8 Å². The minimum Gasteiger partial charge on any atom is -0.462 e. The Balaban J connectivity index is 1.33. The van der Waals surface area contributed by atoms with Crippen LogP contribution < -0.4 is 15.1 Å². The molecule has 3 aromatic carbocycles. The number of thiazole rings is 1. The van der Waals surface area contributed by atoms with Crippen molar-refractivity contribution in [2.45, 2.75) is 29.7 Å². The molecular formula is C31H23BrFN3O6S2. The van der Waals surface area contributed by atoms with E-state index in [4.69, 9.17) is 4.74 Å². The van der Waals surface area contributed by atoms with Crippen molar-refractivity contribution < 1.29 is 28.3 Å². The fourth-order valence-corrected chi connectivity index (χ4v) is 8.41. The number of hydrogen-bond acceptors (Lipinski definition) is 8. The second kappa shape index (κ2) is 12.1. The topological polar surface area (TPSA) is 115 Å². The summed E-state index contributed by atoms with van der Waals surface area (Å²) in [6, 6.07) is 18.6. The van der Waals surface area contributed by atoms with Gasteiger partial charge in [0.15, 0.2) is 0 Å². The highest BCUT2D eigenvalue weighted by Gasteiger charge is 2.56. The molecular weight excluding hydrogens is 673 g/mol. The number of rotatable bonds is 7. The number of nitrogens with zero attached hydrogens (tertiary/aromatic N) is 2. The molecule has 6 rings (SSSR count). The first kappa shape index (κ1) is 30.0. The molecule has 13 heteroatoms. The van der Waals surface area contributed by atoms with Gasteiger partial charge in [-0.25, -0.2) is 14.1 Å². The highest BCUT2D eigenvalue weighted by Crippen LogP contribution is 2.53. The average Bonchev–Trinajstić information content (AvgIpc) is 3.45. The normalized spacial score (nSPS) is 19.0. The summed E-state index contributed by atoms with van der Waals surface area (Å²) in [6.07, 6.45) is 0. The lowest BCUT2D eigenvalue weighted by Crippen LogP contribution is -2.33. The fraction of sp³-hybridized carbons (Fsp3) is 0.194. The molecule has 3 unspecified atom stereocenters. The summed E-state index contributed by atoms with van der Waals surface area (Å²) in [6.45, 7) is 1.60. The molecule has 3 heterocycles. The molecule has 44 heavy (non-hydrogen) atoms. The van der Waals surface area contributed by atoms with E-state index in [9.17, 15) is 28.4 Å². The van der Waals surface area contributed by atoms with Crippen molar-refractivity contribution in [3.8, 4) is 0 Å². The monoisotopic (exact) mass is 695 g/mol. The van der Waals surface area contributed by atoms with E-state index in [0.29, 0.717) is 32.4 Å². The van der Waals surface area contributed by atoms with E-state index in [2.05, 4.69) is 21.2 Å². The lowest BCUT2D eigenvalue weighted by Gasteiger charge is -2.30. The number of hydrogen-bond donors (Lipinski definition) is 1. The first-order chi connectivity index (χ1) is 21.2. The van der Waals surface area contributed by atoms with Gasteiger partial charge in [-0.05, 0) is 73.2 Å². The molecule has 1 fully saturated rings. The molecule has 1 saturated heterocycles. The van der Waals surface area contributed by atoms with E-state index in [1.807, 2.05) is 0 Å². The highest BCUT2D eigenvalue weighted by molar-refractivity contribution is 9.10. The smallest absolute Gasteiger partial charge is 0.338 e. The predicted octanol–water partition coefficient (Wildman–Crippen LogP) is 5.42. The summed E-state index contributed by atoms with van der Waals surface area (Å²) in [7, 11) is 0. The van der Waals surface area contributed by atoms with Gasteiger partial charge in [-0.15, -0.1) is 0 Å². The molecule has 1 N–H and O–H groups in total. The van der Waals surface area contributed by atoms with E-state index in [-0.39, 0.29) is 13.2 Å². The van der Waals surface area contributed by atoms with Gasteiger partial charge in [-0.1, -0.05) is 51.2 Å². The number of carbonyl (C=O) groups is 4. The molecule has 9 nitrogen and oxygen atoms in total. The average molecular weight is 697 g/mol. The zero-order valence-corrected chi connectivity index (χ0v) is 26.2. The third kappa shape index (κ3) is 5.51. The minimum absolute atomic E-state index is 0.237. The summed E-state index contributed by atoms with van der Waals surface area (Å²) in [4.78, 5) is 67.3. The summed E-state index contributed by atoms with van der Waals surface area (Å²) >= 11 is 5.37. The fourth-order valence-electron chi connectivity index (χ4n) is 5.38. The Hall–Kier alpha value is -4.07. The Bertz CT molecular complexity index is 1840. The number of esters is 1. The maximum Gasteiger partial charge on any atom is 0.338 e. The third-order valence-corrected chi connectivity index (χ3v) is 10.5. The zero-order chi connectivity index (χ0) is 31.1. The lowest BCUT2D eigenvalue weighted by molar-refractivity contribution is -0.122. The first-order valence-electron chi connectivity index (χ1n) is 13.5. The molecule has 0 spiro atoms. The maximum absolute atomic E-state index is 13.9. The predicted molar refractivity (Wildman–Crippen MR) is 168 cm³/mol. The number of imide groups is 1. The summed E-state index contributed by atoms with van der Waals surface area (Å²) in [5.41, 5.74) is 1.75. The van der Waals surface area contributed by atoms with Crippen molar-refractivity contribution in [3.05, 3.63) is 109 Å². The van der Waals surface area contributed by atoms with Gasteiger partial charge in [0.05, 0.1) is 28.8 Å². The quantitative estimate of drug-likeness (QED) is 0.203. The van der Waals surface area contributed by atoms with Crippen LogP contribution in [0.2, 0.25) is 0 Å². The number of carbonyl (C=O) groups excluding carboxylic acids is 4. The Kier molecular flexibility index (Phi) is 8.27. The first-order valence-corrected chi connectivity index (χ1v) is 16.0. The number of aromatic nitrogens is 1. The number of amides is 3. The van der Waals surface area contributed by atoms with Crippen molar-refractivity contribution in [3.63, 3.8) is 0 Å². The van der Waals surface area contributed by atoms with Crippen molar-refractivity contribution in [2.75, 3.05) is 16.8 Å². The Labute approximate surface area is 267 Å². The Morgan fingerprint density at radius 1 is 0.955 bits per heavy atom. The van der Waals surface area contributed by atoms with E-state index in [0.717, 1.165) is 32.5 Å².